The van der Waals surface area contributed by atoms with Crippen LogP contribution in [-0.4, -0.2) is 0 Å². The minimum Gasteiger partial charge on any atom is -0.206 e. The summed E-state index contributed by atoms with van der Waals surface area (Å²) in [6.45, 7) is 1.72. The zero-order valence-corrected chi connectivity index (χ0v) is 7.42. The van der Waals surface area contributed by atoms with Gasteiger partial charge in [-0.2, -0.15) is 5.26 Å². The molecular weight excluding hydrogens is 165 g/mol. The van der Waals surface area contributed by atoms with Gasteiger partial charge in [0.05, 0.1) is 12.5 Å². The van der Waals surface area contributed by atoms with Crippen molar-refractivity contribution in [1.82, 2.24) is 0 Å². The third-order valence-electron chi connectivity index (χ3n) is 1.73. The summed E-state index contributed by atoms with van der Waals surface area (Å²) in [4.78, 5) is 0. The fourth-order valence-electron chi connectivity index (χ4n) is 1.04. The molecule has 0 aliphatic heterocycles. The van der Waals surface area contributed by atoms with Gasteiger partial charge in [-0.15, -0.1) is 0 Å². The van der Waals surface area contributed by atoms with E-state index < -0.39 is 0 Å². The highest BCUT2D eigenvalue weighted by molar-refractivity contribution is 5.51. The number of benzene rings is 1. The first kappa shape index (κ1) is 9.47. The average molecular weight is 175 g/mol. The number of nitrogens with zero attached hydrogens (tertiary/aromatic N) is 1. The Labute approximate surface area is 77.1 Å². The number of allylic oxidation sites excluding steroid dienone is 1. The third-order valence-corrected chi connectivity index (χ3v) is 1.73. The predicted molar refractivity (Wildman–Crippen MR) is 50.4 cm³/mol. The van der Waals surface area contributed by atoms with Gasteiger partial charge in [0.2, 0.25) is 0 Å². The molecule has 0 radical (unpaired) electrons. The van der Waals surface area contributed by atoms with Gasteiger partial charge in [0.25, 0.3) is 0 Å². The molecule has 0 aliphatic carbocycles. The van der Waals surface area contributed by atoms with E-state index in [9.17, 15) is 4.39 Å². The Balaban J connectivity index is 2.90. The first-order chi connectivity index (χ1) is 6.25. The van der Waals surface area contributed by atoms with Crippen LogP contribution in [0.1, 0.15) is 17.5 Å². The number of hydrogen-bond acceptors (Lipinski definition) is 1. The van der Waals surface area contributed by atoms with E-state index in [4.69, 9.17) is 5.26 Å². The van der Waals surface area contributed by atoms with Crippen LogP contribution in [-0.2, 0) is 0 Å². The van der Waals surface area contributed by atoms with Crippen LogP contribution in [0.5, 0.6) is 0 Å². The summed E-state index contributed by atoms with van der Waals surface area (Å²) in [7, 11) is 0. The van der Waals surface area contributed by atoms with E-state index in [2.05, 4.69) is 0 Å². The minimum absolute atomic E-state index is 0.211. The van der Waals surface area contributed by atoms with E-state index in [-0.39, 0.29) is 5.82 Å². The standard InChI is InChI=1S/C11H10FN/c1-9-5-4-7-10(11(9)12)6-2-3-8-13/h2,4-7H,3H2,1H3. The molecule has 0 atom stereocenters. The maximum absolute atomic E-state index is 13.3. The second-order valence-electron chi connectivity index (χ2n) is 2.74. The maximum Gasteiger partial charge on any atom is 0.133 e. The summed E-state index contributed by atoms with van der Waals surface area (Å²) in [5.41, 5.74) is 1.16. The summed E-state index contributed by atoms with van der Waals surface area (Å²) in [5.74, 6) is -0.211. The van der Waals surface area contributed by atoms with Crippen molar-refractivity contribution in [3.63, 3.8) is 0 Å². The van der Waals surface area contributed by atoms with Gasteiger partial charge < -0.3 is 0 Å². The van der Waals surface area contributed by atoms with Crippen LogP contribution < -0.4 is 0 Å². The fourth-order valence-corrected chi connectivity index (χ4v) is 1.04. The Hall–Kier alpha value is -1.62. The highest BCUT2D eigenvalue weighted by Crippen LogP contribution is 2.13. The summed E-state index contributed by atoms with van der Waals surface area (Å²) < 4.78 is 13.3. The van der Waals surface area contributed by atoms with Gasteiger partial charge in [-0.05, 0) is 12.5 Å². The Morgan fingerprint density at radius 3 is 3.00 bits per heavy atom. The normalized spacial score (nSPS) is 10.2. The molecule has 2 heteroatoms. The van der Waals surface area contributed by atoms with Gasteiger partial charge in [-0.1, -0.05) is 30.4 Å². The third kappa shape index (κ3) is 2.41. The number of hydrogen-bond donors (Lipinski definition) is 0. The molecule has 13 heavy (non-hydrogen) atoms. The molecule has 0 aromatic heterocycles. The van der Waals surface area contributed by atoms with Crippen molar-refractivity contribution in [2.45, 2.75) is 13.3 Å². The number of halogens is 1. The van der Waals surface area contributed by atoms with Crippen molar-refractivity contribution >= 4 is 6.08 Å². The lowest BCUT2D eigenvalue weighted by molar-refractivity contribution is 0.616. The lowest BCUT2D eigenvalue weighted by Gasteiger charge is -1.98. The van der Waals surface area contributed by atoms with Crippen LogP contribution in [0.3, 0.4) is 0 Å². The Morgan fingerprint density at radius 2 is 2.31 bits per heavy atom. The van der Waals surface area contributed by atoms with Crippen LogP contribution >= 0.6 is 0 Å². The SMILES string of the molecule is Cc1cccc(C=CCC#N)c1F. The molecule has 0 fully saturated rings. The molecule has 1 rings (SSSR count). The number of aryl methyl sites for hydroxylation is 1. The van der Waals surface area contributed by atoms with Crippen LogP contribution in [0.25, 0.3) is 6.08 Å². The minimum atomic E-state index is -0.211. The molecule has 0 heterocycles. The largest absolute Gasteiger partial charge is 0.206 e. The molecule has 0 bridgehead atoms. The van der Waals surface area contributed by atoms with Crippen molar-refractivity contribution < 1.29 is 4.39 Å². The van der Waals surface area contributed by atoms with Crippen LogP contribution in [0, 0.1) is 24.1 Å². The van der Waals surface area contributed by atoms with Crippen LogP contribution in [0.15, 0.2) is 24.3 Å². The number of nitriles is 1. The zero-order valence-electron chi connectivity index (χ0n) is 7.42. The quantitative estimate of drug-likeness (QED) is 0.677. The molecule has 0 aliphatic rings. The molecular formula is C11H10FN. The summed E-state index contributed by atoms with van der Waals surface area (Å²) in [6.07, 6.45) is 3.59. The van der Waals surface area contributed by atoms with E-state index in [1.807, 2.05) is 6.07 Å². The molecule has 1 nitrogen and oxygen atoms in total. The molecule has 0 amide bonds. The van der Waals surface area contributed by atoms with Crippen molar-refractivity contribution in [2.75, 3.05) is 0 Å². The molecule has 0 saturated carbocycles. The fraction of sp³-hybridized carbons (Fsp3) is 0.182. The molecule has 0 saturated heterocycles. The number of rotatable bonds is 2. The topological polar surface area (TPSA) is 23.8 Å². The zero-order chi connectivity index (χ0) is 9.68. The highest BCUT2D eigenvalue weighted by atomic mass is 19.1. The van der Waals surface area contributed by atoms with Gasteiger partial charge in [0.15, 0.2) is 0 Å². The van der Waals surface area contributed by atoms with Crippen molar-refractivity contribution in [2.24, 2.45) is 0 Å². The Bertz CT molecular complexity index is 361. The lowest BCUT2D eigenvalue weighted by Crippen LogP contribution is -1.85. The molecule has 1 aromatic rings. The van der Waals surface area contributed by atoms with Gasteiger partial charge in [0.1, 0.15) is 5.82 Å². The second kappa shape index (κ2) is 4.42. The predicted octanol–water partition coefficient (Wildman–Crippen LogP) is 3.06. The molecule has 66 valence electrons. The van der Waals surface area contributed by atoms with Crippen molar-refractivity contribution in [3.8, 4) is 6.07 Å². The van der Waals surface area contributed by atoms with E-state index in [0.717, 1.165) is 0 Å². The van der Waals surface area contributed by atoms with Gasteiger partial charge in [-0.25, -0.2) is 4.39 Å². The van der Waals surface area contributed by atoms with Gasteiger partial charge in [0, 0.05) is 5.56 Å². The summed E-state index contributed by atoms with van der Waals surface area (Å²) in [5, 5.41) is 8.27. The van der Waals surface area contributed by atoms with Gasteiger partial charge >= 0.3 is 0 Å². The van der Waals surface area contributed by atoms with Crippen LogP contribution in [0.2, 0.25) is 0 Å². The second-order valence-corrected chi connectivity index (χ2v) is 2.74. The van der Waals surface area contributed by atoms with Crippen molar-refractivity contribution in [1.29, 1.82) is 5.26 Å². The van der Waals surface area contributed by atoms with E-state index >= 15 is 0 Å². The molecule has 1 aromatic carbocycles. The van der Waals surface area contributed by atoms with Gasteiger partial charge in [-0.3, -0.25) is 0 Å². The first-order valence-corrected chi connectivity index (χ1v) is 4.04. The van der Waals surface area contributed by atoms with Crippen LogP contribution in [0.4, 0.5) is 4.39 Å². The Morgan fingerprint density at radius 1 is 1.54 bits per heavy atom. The lowest BCUT2D eigenvalue weighted by atomic mass is 10.1. The Kier molecular flexibility index (Phi) is 3.22. The van der Waals surface area contributed by atoms with E-state index in [1.54, 1.807) is 37.3 Å². The highest BCUT2D eigenvalue weighted by Gasteiger charge is 1.99. The summed E-state index contributed by atoms with van der Waals surface area (Å²) >= 11 is 0. The molecule has 0 N–H and O–H groups in total. The monoisotopic (exact) mass is 175 g/mol. The summed E-state index contributed by atoms with van der Waals surface area (Å²) in [6, 6.07) is 7.17. The molecule has 0 spiro atoms. The van der Waals surface area contributed by atoms with E-state index in [1.165, 1.54) is 0 Å². The first-order valence-electron chi connectivity index (χ1n) is 4.04. The van der Waals surface area contributed by atoms with Crippen molar-refractivity contribution in [3.05, 3.63) is 41.2 Å². The average Bonchev–Trinajstić information content (AvgIpc) is 2.13. The molecule has 0 unspecified atom stereocenters. The maximum atomic E-state index is 13.3. The smallest absolute Gasteiger partial charge is 0.133 e. The van der Waals surface area contributed by atoms with E-state index in [0.29, 0.717) is 17.5 Å².